The van der Waals surface area contributed by atoms with Gasteiger partial charge < -0.3 is 5.32 Å². The Hall–Kier alpha value is -0.910. The van der Waals surface area contributed by atoms with E-state index in [0.29, 0.717) is 17.4 Å². The minimum Gasteiger partial charge on any atom is -0.313 e. The number of sulfonamides is 1. The quantitative estimate of drug-likeness (QED) is 0.814. The highest BCUT2D eigenvalue weighted by atomic mass is 32.2. The molecule has 1 aromatic rings. The van der Waals surface area contributed by atoms with Gasteiger partial charge in [0.05, 0.1) is 4.90 Å². The van der Waals surface area contributed by atoms with Gasteiger partial charge in [-0.2, -0.15) is 0 Å². The number of hydrogen-bond donors (Lipinski definition) is 2. The first-order valence-electron chi connectivity index (χ1n) is 7.37. The van der Waals surface area contributed by atoms with Crippen LogP contribution in [0.4, 0.5) is 0 Å². The Kier molecular flexibility index (Phi) is 5.96. The number of nitrogens with one attached hydrogen (secondary N) is 2. The molecule has 0 bridgehead atoms. The van der Waals surface area contributed by atoms with Crippen LogP contribution in [-0.2, 0) is 10.0 Å². The molecule has 0 aromatic heterocycles. The molecular weight excluding hydrogens is 284 g/mol. The summed E-state index contributed by atoms with van der Waals surface area (Å²) in [6.07, 6.45) is 0. The third kappa shape index (κ3) is 4.80. The van der Waals surface area contributed by atoms with Crippen molar-refractivity contribution in [3.05, 3.63) is 29.8 Å². The Balaban J connectivity index is 2.84. The van der Waals surface area contributed by atoms with Gasteiger partial charge in [-0.3, -0.25) is 0 Å². The minimum absolute atomic E-state index is 0.0757. The zero-order valence-electron chi connectivity index (χ0n) is 13.9. The molecule has 0 fully saturated rings. The standard InChI is InChI=1S/C16H28N2O2S/c1-12(2)16(4,5)11-18-21(19,20)15-9-7-14(8-10-15)13(3)17-6/h7-10,12-13,17-18H,11H2,1-6H3. The molecule has 0 saturated heterocycles. The molecule has 0 spiro atoms. The highest BCUT2D eigenvalue weighted by Gasteiger charge is 2.25. The van der Waals surface area contributed by atoms with Crippen molar-refractivity contribution in [2.45, 2.75) is 45.6 Å². The number of hydrogen-bond acceptors (Lipinski definition) is 3. The van der Waals surface area contributed by atoms with Crippen molar-refractivity contribution in [1.29, 1.82) is 0 Å². The van der Waals surface area contributed by atoms with Gasteiger partial charge in [0.2, 0.25) is 10.0 Å². The van der Waals surface area contributed by atoms with Gasteiger partial charge in [-0.15, -0.1) is 0 Å². The molecule has 0 heterocycles. The van der Waals surface area contributed by atoms with Crippen molar-refractivity contribution >= 4 is 10.0 Å². The van der Waals surface area contributed by atoms with Crippen LogP contribution in [0.5, 0.6) is 0 Å². The lowest BCUT2D eigenvalue weighted by Gasteiger charge is -2.29. The maximum atomic E-state index is 12.3. The fourth-order valence-corrected chi connectivity index (χ4v) is 2.89. The molecule has 1 aromatic carbocycles. The normalized spacial score (nSPS) is 14.4. The van der Waals surface area contributed by atoms with Gasteiger partial charge in [-0.05, 0) is 43.0 Å². The average Bonchev–Trinajstić information content (AvgIpc) is 2.44. The number of rotatable bonds is 7. The molecule has 0 radical (unpaired) electrons. The van der Waals surface area contributed by atoms with Crippen LogP contribution in [0.25, 0.3) is 0 Å². The number of benzene rings is 1. The van der Waals surface area contributed by atoms with Gasteiger partial charge in [0, 0.05) is 12.6 Å². The van der Waals surface area contributed by atoms with E-state index in [2.05, 4.69) is 37.7 Å². The van der Waals surface area contributed by atoms with Crippen LogP contribution in [0.3, 0.4) is 0 Å². The molecule has 21 heavy (non-hydrogen) atoms. The average molecular weight is 312 g/mol. The van der Waals surface area contributed by atoms with E-state index < -0.39 is 10.0 Å². The molecule has 0 aliphatic carbocycles. The maximum Gasteiger partial charge on any atom is 0.240 e. The first kappa shape index (κ1) is 18.1. The molecule has 1 atom stereocenters. The maximum absolute atomic E-state index is 12.3. The molecule has 1 rings (SSSR count). The lowest BCUT2D eigenvalue weighted by atomic mass is 9.81. The molecule has 2 N–H and O–H groups in total. The van der Waals surface area contributed by atoms with Crippen molar-refractivity contribution in [1.82, 2.24) is 10.0 Å². The summed E-state index contributed by atoms with van der Waals surface area (Å²) in [7, 11) is -1.57. The zero-order chi connectivity index (χ0) is 16.3. The smallest absolute Gasteiger partial charge is 0.240 e. The van der Waals surface area contributed by atoms with Gasteiger partial charge in [0.25, 0.3) is 0 Å². The van der Waals surface area contributed by atoms with E-state index in [9.17, 15) is 8.42 Å². The van der Waals surface area contributed by atoms with Gasteiger partial charge in [0.1, 0.15) is 0 Å². The second-order valence-electron chi connectivity index (χ2n) is 6.55. The topological polar surface area (TPSA) is 58.2 Å². The molecule has 4 nitrogen and oxygen atoms in total. The highest BCUT2D eigenvalue weighted by molar-refractivity contribution is 7.89. The van der Waals surface area contributed by atoms with Gasteiger partial charge >= 0.3 is 0 Å². The summed E-state index contributed by atoms with van der Waals surface area (Å²) in [4.78, 5) is 0.314. The largest absolute Gasteiger partial charge is 0.313 e. The third-order valence-electron chi connectivity index (χ3n) is 4.40. The summed E-state index contributed by atoms with van der Waals surface area (Å²) in [6.45, 7) is 10.8. The van der Waals surface area contributed by atoms with Crippen molar-refractivity contribution in [3.63, 3.8) is 0 Å². The summed E-state index contributed by atoms with van der Waals surface area (Å²) in [5.41, 5.74) is 0.993. The van der Waals surface area contributed by atoms with E-state index in [1.807, 2.05) is 26.1 Å². The molecule has 5 heteroatoms. The van der Waals surface area contributed by atoms with E-state index in [1.165, 1.54) is 0 Å². The van der Waals surface area contributed by atoms with Crippen molar-refractivity contribution < 1.29 is 8.42 Å². The van der Waals surface area contributed by atoms with Crippen molar-refractivity contribution in [3.8, 4) is 0 Å². The second-order valence-corrected chi connectivity index (χ2v) is 8.31. The molecule has 0 aliphatic heterocycles. The summed E-state index contributed by atoms with van der Waals surface area (Å²) in [6, 6.07) is 7.23. The summed E-state index contributed by atoms with van der Waals surface area (Å²) < 4.78 is 27.4. The zero-order valence-corrected chi connectivity index (χ0v) is 14.7. The monoisotopic (exact) mass is 312 g/mol. The fourth-order valence-electron chi connectivity index (χ4n) is 1.67. The molecule has 0 aliphatic rings. The second kappa shape index (κ2) is 6.90. The van der Waals surface area contributed by atoms with E-state index in [1.54, 1.807) is 12.1 Å². The van der Waals surface area contributed by atoms with Crippen molar-refractivity contribution in [2.75, 3.05) is 13.6 Å². The molecule has 120 valence electrons. The van der Waals surface area contributed by atoms with E-state index in [-0.39, 0.29) is 11.5 Å². The van der Waals surface area contributed by atoms with Crippen LogP contribution < -0.4 is 10.0 Å². The van der Waals surface area contributed by atoms with Crippen LogP contribution in [-0.4, -0.2) is 22.0 Å². The lowest BCUT2D eigenvalue weighted by Crippen LogP contribution is -2.36. The summed E-state index contributed by atoms with van der Waals surface area (Å²) >= 11 is 0. The predicted molar refractivity (Wildman–Crippen MR) is 87.7 cm³/mol. The van der Waals surface area contributed by atoms with E-state index in [4.69, 9.17) is 0 Å². The van der Waals surface area contributed by atoms with Gasteiger partial charge in [-0.25, -0.2) is 13.1 Å². The third-order valence-corrected chi connectivity index (χ3v) is 5.82. The summed E-state index contributed by atoms with van der Waals surface area (Å²) in [5.74, 6) is 0.402. The summed E-state index contributed by atoms with van der Waals surface area (Å²) in [5, 5.41) is 3.13. The first-order valence-corrected chi connectivity index (χ1v) is 8.85. The Morgan fingerprint density at radius 2 is 1.62 bits per heavy atom. The van der Waals surface area contributed by atoms with Crippen LogP contribution in [0.15, 0.2) is 29.2 Å². The van der Waals surface area contributed by atoms with Crippen molar-refractivity contribution in [2.24, 2.45) is 11.3 Å². The van der Waals surface area contributed by atoms with E-state index >= 15 is 0 Å². The highest BCUT2D eigenvalue weighted by Crippen LogP contribution is 2.25. The van der Waals surface area contributed by atoms with Crippen LogP contribution in [0, 0.1) is 11.3 Å². The van der Waals surface area contributed by atoms with Crippen LogP contribution in [0.1, 0.15) is 46.2 Å². The van der Waals surface area contributed by atoms with Gasteiger partial charge in [-0.1, -0.05) is 39.8 Å². The van der Waals surface area contributed by atoms with Crippen LogP contribution in [0.2, 0.25) is 0 Å². The predicted octanol–water partition coefficient (Wildman–Crippen LogP) is 2.93. The Bertz CT molecular complexity index is 548. The molecule has 1 unspecified atom stereocenters. The molecular formula is C16H28N2O2S. The molecule has 0 saturated carbocycles. The Morgan fingerprint density at radius 3 is 2.05 bits per heavy atom. The molecule has 0 amide bonds. The Morgan fingerprint density at radius 1 is 1.10 bits per heavy atom. The SMILES string of the molecule is CNC(C)c1ccc(S(=O)(=O)NCC(C)(C)C(C)C)cc1. The van der Waals surface area contributed by atoms with E-state index in [0.717, 1.165) is 5.56 Å². The first-order chi connectivity index (χ1) is 9.60. The van der Waals surface area contributed by atoms with Crippen LogP contribution >= 0.6 is 0 Å². The van der Waals surface area contributed by atoms with Gasteiger partial charge in [0.15, 0.2) is 0 Å². The Labute approximate surface area is 129 Å². The fraction of sp³-hybridized carbons (Fsp3) is 0.625. The minimum atomic E-state index is -3.45. The lowest BCUT2D eigenvalue weighted by molar-refractivity contribution is 0.252.